The number of aryl methyl sites for hydroxylation is 2. The first-order valence-corrected chi connectivity index (χ1v) is 19.2. The molecule has 0 radical (unpaired) electrons. The van der Waals surface area contributed by atoms with Crippen LogP contribution in [0.3, 0.4) is 0 Å². The predicted molar refractivity (Wildman–Crippen MR) is 143 cm³/mol. The molecule has 0 nitrogen and oxygen atoms in total. The molecule has 0 heterocycles. The van der Waals surface area contributed by atoms with E-state index in [9.17, 15) is 0 Å². The summed E-state index contributed by atoms with van der Waals surface area (Å²) < 4.78 is 1.15. The van der Waals surface area contributed by atoms with Crippen molar-refractivity contribution in [3.8, 4) is 0 Å². The van der Waals surface area contributed by atoms with Crippen LogP contribution < -0.4 is 0 Å². The molecule has 5 rings (SSSR count). The Hall–Kier alpha value is -1.53. The van der Waals surface area contributed by atoms with Crippen molar-refractivity contribution in [2.24, 2.45) is 0 Å². The molecule has 0 aromatic heterocycles. The van der Waals surface area contributed by atoms with E-state index in [1.807, 2.05) is 36.4 Å². The van der Waals surface area contributed by atoms with Gasteiger partial charge in [0.05, 0.1) is 0 Å². The van der Waals surface area contributed by atoms with E-state index < -0.39 is 18.9 Å². The first kappa shape index (κ1) is 26.1. The normalized spacial score (nSPS) is 12.0. The minimum atomic E-state index is -2.44. The quantitative estimate of drug-likeness (QED) is 0.222. The Kier molecular flexibility index (Phi) is 11.1. The van der Waals surface area contributed by atoms with Gasteiger partial charge in [-0.3, -0.25) is 0 Å². The maximum absolute atomic E-state index is 6.24. The summed E-state index contributed by atoms with van der Waals surface area (Å²) in [6.45, 7) is 4.41. The summed E-state index contributed by atoms with van der Waals surface area (Å²) in [5.41, 5.74) is 6.92. The molecule has 33 heavy (non-hydrogen) atoms. The summed E-state index contributed by atoms with van der Waals surface area (Å²) in [5.74, 6) is 0.685. The van der Waals surface area contributed by atoms with E-state index in [-0.39, 0.29) is 0 Å². The standard InChI is InChI=1S/C13H10.C9H11.C8H11.2ClH.Zr/c1-3-7-12(8-4-1)11-13-9-5-2-6-10-13;1-2-5-9-7-3-6-8(9)4-1;1-7(2)8-5-3-4-6-8;;;/h1-10H;3,6-7H,1-2,4-5H2;3-7H,1-2H3;2*1H;/q;2*-1;;;+2/p-2. The fourth-order valence-corrected chi connectivity index (χ4v) is 8.46. The molecule has 0 unspecified atom stereocenters. The number of fused-ring (bicyclic) bond motifs is 1. The van der Waals surface area contributed by atoms with E-state index in [0.717, 1.165) is 14.3 Å². The molecule has 0 N–H and O–H groups in total. The number of halogens is 2. The molecule has 0 saturated carbocycles. The second-order valence-corrected chi connectivity index (χ2v) is 16.6. The molecule has 1 aliphatic rings. The van der Waals surface area contributed by atoms with Crippen LogP contribution in [0.15, 0.2) is 103 Å². The van der Waals surface area contributed by atoms with Gasteiger partial charge in [-0.25, -0.2) is 12.1 Å². The second-order valence-electron chi connectivity index (χ2n) is 8.52. The van der Waals surface area contributed by atoms with E-state index >= 15 is 0 Å². The fraction of sp³-hybridized carbons (Fsp3) is 0.233. The van der Waals surface area contributed by atoms with Gasteiger partial charge in [0.25, 0.3) is 0 Å². The Balaban J connectivity index is 0.000000152. The summed E-state index contributed by atoms with van der Waals surface area (Å²) in [5, 5.41) is 0. The topological polar surface area (TPSA) is 0 Å². The molecule has 0 amide bonds. The van der Waals surface area contributed by atoms with Crippen LogP contribution in [0.2, 0.25) is 0 Å². The molecule has 0 atom stereocenters. The minimum absolute atomic E-state index is 0.685. The monoisotopic (exact) mass is 552 g/mol. The fourth-order valence-electron chi connectivity index (χ4n) is 3.98. The van der Waals surface area contributed by atoms with Crippen molar-refractivity contribution in [1.29, 1.82) is 0 Å². The van der Waals surface area contributed by atoms with Gasteiger partial charge in [0.2, 0.25) is 0 Å². The molecule has 0 spiro atoms. The van der Waals surface area contributed by atoms with Gasteiger partial charge < -0.3 is 0 Å². The van der Waals surface area contributed by atoms with E-state index in [1.165, 1.54) is 31.2 Å². The Morgan fingerprint density at radius 1 is 0.788 bits per heavy atom. The van der Waals surface area contributed by atoms with Crippen LogP contribution in [-0.2, 0) is 31.7 Å². The molecular weight excluding hydrogens is 522 g/mol. The summed E-state index contributed by atoms with van der Waals surface area (Å²) >= 11 is -2.44. The van der Waals surface area contributed by atoms with E-state index in [0.29, 0.717) is 5.92 Å². The van der Waals surface area contributed by atoms with Gasteiger partial charge in [-0.1, -0.05) is 45.4 Å². The average Bonchev–Trinajstić information content (AvgIpc) is 3.54. The average molecular weight is 555 g/mol. The van der Waals surface area contributed by atoms with Crippen LogP contribution in [-0.4, -0.2) is 3.21 Å². The van der Waals surface area contributed by atoms with Crippen molar-refractivity contribution in [2.75, 3.05) is 0 Å². The SMILES string of the molecule is CC(C)c1cc[cH-]c1.[Cl][Zr]([Cl])=[C](c1ccccc1)c1ccccc1.c1cc2c([cH-]1)CCCC2. The van der Waals surface area contributed by atoms with E-state index in [1.54, 1.807) is 11.1 Å². The molecule has 0 saturated heterocycles. The Labute approximate surface area is 214 Å². The van der Waals surface area contributed by atoms with Gasteiger partial charge in [-0.15, -0.1) is 0 Å². The molecule has 1 aliphatic carbocycles. The second kappa shape index (κ2) is 14.0. The number of hydrogen-bond donors (Lipinski definition) is 0. The van der Waals surface area contributed by atoms with Crippen molar-refractivity contribution in [2.45, 2.75) is 45.4 Å². The van der Waals surface area contributed by atoms with Gasteiger partial charge in [0.15, 0.2) is 0 Å². The largest absolute Gasteiger partial charge is 0.210 e. The van der Waals surface area contributed by atoms with Gasteiger partial charge in [-0.2, -0.15) is 47.0 Å². The van der Waals surface area contributed by atoms with Crippen molar-refractivity contribution in [3.63, 3.8) is 0 Å². The van der Waals surface area contributed by atoms with Crippen LogP contribution >= 0.6 is 17.0 Å². The van der Waals surface area contributed by atoms with Crippen molar-refractivity contribution >= 4 is 20.2 Å². The molecule has 0 aliphatic heterocycles. The molecule has 172 valence electrons. The molecular formula is C30H32Cl2Zr-2. The Morgan fingerprint density at radius 2 is 1.39 bits per heavy atom. The van der Waals surface area contributed by atoms with Gasteiger partial charge in [-0.05, 0) is 0 Å². The zero-order chi connectivity index (χ0) is 23.5. The summed E-state index contributed by atoms with van der Waals surface area (Å²) in [4.78, 5) is 0. The van der Waals surface area contributed by atoms with E-state index in [4.69, 9.17) is 17.0 Å². The van der Waals surface area contributed by atoms with Crippen LogP contribution in [0.4, 0.5) is 0 Å². The molecule has 4 aromatic rings. The maximum atomic E-state index is 6.24. The van der Waals surface area contributed by atoms with E-state index in [2.05, 4.69) is 80.6 Å². The molecule has 0 bridgehead atoms. The van der Waals surface area contributed by atoms with Gasteiger partial charge in [0.1, 0.15) is 0 Å². The maximum Gasteiger partial charge on any atom is -0.0512 e. The Bertz CT molecular complexity index is 1020. The first-order valence-electron chi connectivity index (χ1n) is 11.7. The molecule has 0 fully saturated rings. The van der Waals surface area contributed by atoms with Crippen LogP contribution in [0, 0.1) is 0 Å². The van der Waals surface area contributed by atoms with Crippen molar-refractivity contribution in [1.82, 2.24) is 0 Å². The summed E-state index contributed by atoms with van der Waals surface area (Å²) in [6.07, 6.45) is 5.44. The van der Waals surface area contributed by atoms with Crippen molar-refractivity contribution < 1.29 is 18.9 Å². The predicted octanol–water partition coefficient (Wildman–Crippen LogP) is 8.99. The van der Waals surface area contributed by atoms with Crippen LogP contribution in [0.5, 0.6) is 0 Å². The van der Waals surface area contributed by atoms with Gasteiger partial charge >= 0.3 is 111 Å². The van der Waals surface area contributed by atoms with Crippen molar-refractivity contribution in [3.05, 3.63) is 131 Å². The minimum Gasteiger partial charge on any atom is -0.210 e. The first-order chi connectivity index (χ1) is 16.1. The third-order valence-corrected chi connectivity index (χ3v) is 10.4. The van der Waals surface area contributed by atoms with Gasteiger partial charge in [0, 0.05) is 0 Å². The summed E-state index contributed by atoms with van der Waals surface area (Å²) in [6, 6.07) is 35.5. The molecule has 4 aromatic carbocycles. The smallest absolute Gasteiger partial charge is 0.0512 e. The zero-order valence-electron chi connectivity index (χ0n) is 19.5. The third kappa shape index (κ3) is 8.33. The van der Waals surface area contributed by atoms with Crippen LogP contribution in [0.1, 0.15) is 60.4 Å². The number of benzene rings is 2. The number of hydrogen-bond acceptors (Lipinski definition) is 0. The number of rotatable bonds is 3. The summed E-state index contributed by atoms with van der Waals surface area (Å²) in [7, 11) is 12.5. The Morgan fingerprint density at radius 3 is 1.85 bits per heavy atom. The third-order valence-electron chi connectivity index (χ3n) is 5.82. The molecule has 3 heteroatoms. The zero-order valence-corrected chi connectivity index (χ0v) is 23.4. The van der Waals surface area contributed by atoms with Crippen LogP contribution in [0.25, 0.3) is 0 Å².